The van der Waals surface area contributed by atoms with E-state index in [1.54, 1.807) is 11.8 Å². The summed E-state index contributed by atoms with van der Waals surface area (Å²) in [5, 5.41) is 4.17. The molecule has 0 radical (unpaired) electrons. The zero-order valence-electron chi connectivity index (χ0n) is 12.6. The first-order valence-corrected chi connectivity index (χ1v) is 8.88. The van der Waals surface area contributed by atoms with E-state index in [1.807, 2.05) is 6.92 Å². The third-order valence-corrected chi connectivity index (χ3v) is 5.50. The molecule has 5 nitrogen and oxygen atoms in total. The lowest BCUT2D eigenvalue weighted by Crippen LogP contribution is -2.36. The van der Waals surface area contributed by atoms with Crippen molar-refractivity contribution in [3.05, 3.63) is 11.7 Å². The third kappa shape index (κ3) is 2.88. The fourth-order valence-corrected chi connectivity index (χ4v) is 4.50. The van der Waals surface area contributed by atoms with E-state index >= 15 is 0 Å². The van der Waals surface area contributed by atoms with Gasteiger partial charge in [-0.1, -0.05) is 18.5 Å². The molecule has 2 aliphatic rings. The Kier molecular flexibility index (Phi) is 4.36. The molecule has 0 N–H and O–H groups in total. The molecule has 1 saturated heterocycles. The standard InChI is InChI=1S/C15H22N2O3S/c1-3-19-15(6-4-5-10(2)7-15)14-16-13(20-17-14)11-8-21-9-12(11)18/h10-11H,3-9H2,1-2H3. The van der Waals surface area contributed by atoms with Crippen LogP contribution in [-0.2, 0) is 15.1 Å². The van der Waals surface area contributed by atoms with E-state index < -0.39 is 5.60 Å². The van der Waals surface area contributed by atoms with Gasteiger partial charge in [-0.3, -0.25) is 4.79 Å². The summed E-state index contributed by atoms with van der Waals surface area (Å²) in [5.41, 5.74) is -0.428. The second-order valence-electron chi connectivity index (χ2n) is 6.12. The van der Waals surface area contributed by atoms with Crippen molar-refractivity contribution in [2.24, 2.45) is 5.92 Å². The third-order valence-electron chi connectivity index (χ3n) is 4.44. The molecule has 1 saturated carbocycles. The Morgan fingerprint density at radius 1 is 1.52 bits per heavy atom. The van der Waals surface area contributed by atoms with Crippen LogP contribution < -0.4 is 0 Å². The summed E-state index contributed by atoms with van der Waals surface area (Å²) in [4.78, 5) is 16.4. The van der Waals surface area contributed by atoms with Crippen LogP contribution in [0.4, 0.5) is 0 Å². The summed E-state index contributed by atoms with van der Waals surface area (Å²) in [7, 11) is 0. The largest absolute Gasteiger partial charge is 0.367 e. The molecule has 2 fully saturated rings. The first kappa shape index (κ1) is 15.0. The first-order chi connectivity index (χ1) is 10.1. The molecule has 1 aromatic heterocycles. The minimum absolute atomic E-state index is 0.192. The predicted molar refractivity (Wildman–Crippen MR) is 80.3 cm³/mol. The summed E-state index contributed by atoms with van der Waals surface area (Å²) in [6.45, 7) is 4.87. The quantitative estimate of drug-likeness (QED) is 0.852. The molecule has 0 amide bonds. The Balaban J connectivity index is 1.86. The van der Waals surface area contributed by atoms with Gasteiger partial charge in [0, 0.05) is 12.4 Å². The maximum Gasteiger partial charge on any atom is 0.238 e. The average Bonchev–Trinajstić information content (AvgIpc) is 3.07. The number of aromatic nitrogens is 2. The summed E-state index contributed by atoms with van der Waals surface area (Å²) in [5.74, 6) is 2.96. The minimum atomic E-state index is -0.428. The number of thioether (sulfide) groups is 1. The molecule has 21 heavy (non-hydrogen) atoms. The van der Waals surface area contributed by atoms with Crippen molar-refractivity contribution < 1.29 is 14.1 Å². The number of ketones is 1. The minimum Gasteiger partial charge on any atom is -0.367 e. The maximum absolute atomic E-state index is 11.8. The van der Waals surface area contributed by atoms with Crippen LogP contribution in [0.3, 0.4) is 0 Å². The van der Waals surface area contributed by atoms with Crippen LogP contribution in [0.15, 0.2) is 4.52 Å². The summed E-state index contributed by atoms with van der Waals surface area (Å²) >= 11 is 1.63. The normalized spacial score (nSPS) is 33.5. The van der Waals surface area contributed by atoms with Crippen LogP contribution in [0.1, 0.15) is 57.2 Å². The van der Waals surface area contributed by atoms with Gasteiger partial charge in [0.1, 0.15) is 11.5 Å². The van der Waals surface area contributed by atoms with Crippen LogP contribution in [0.2, 0.25) is 0 Å². The summed E-state index contributed by atoms with van der Waals surface area (Å²) in [6.07, 6.45) is 4.19. The molecule has 116 valence electrons. The van der Waals surface area contributed by atoms with E-state index in [4.69, 9.17) is 9.26 Å². The number of hydrogen-bond donors (Lipinski definition) is 0. The Morgan fingerprint density at radius 2 is 2.38 bits per heavy atom. The highest BCUT2D eigenvalue weighted by Gasteiger charge is 2.42. The molecule has 0 spiro atoms. The Hall–Kier alpha value is -0.880. The van der Waals surface area contributed by atoms with Gasteiger partial charge >= 0.3 is 0 Å². The zero-order chi connectivity index (χ0) is 14.9. The lowest BCUT2D eigenvalue weighted by molar-refractivity contribution is -0.117. The number of hydrogen-bond acceptors (Lipinski definition) is 6. The smallest absolute Gasteiger partial charge is 0.238 e. The van der Waals surface area contributed by atoms with Crippen LogP contribution in [-0.4, -0.2) is 34.0 Å². The monoisotopic (exact) mass is 310 g/mol. The molecule has 6 heteroatoms. The van der Waals surface area contributed by atoms with E-state index in [1.165, 1.54) is 6.42 Å². The van der Waals surface area contributed by atoms with Crippen molar-refractivity contribution in [2.45, 2.75) is 51.0 Å². The number of Topliss-reactive ketones (excluding diaryl/α,β-unsaturated/α-hetero) is 1. The van der Waals surface area contributed by atoms with E-state index in [0.29, 0.717) is 30.0 Å². The lowest BCUT2D eigenvalue weighted by Gasteiger charge is -2.37. The fraction of sp³-hybridized carbons (Fsp3) is 0.800. The molecule has 2 heterocycles. The summed E-state index contributed by atoms with van der Waals surface area (Å²) < 4.78 is 11.5. The van der Waals surface area contributed by atoms with Gasteiger partial charge in [-0.15, -0.1) is 0 Å². The second kappa shape index (κ2) is 6.08. The molecule has 0 aromatic carbocycles. The van der Waals surface area contributed by atoms with Crippen LogP contribution in [0.5, 0.6) is 0 Å². The molecule has 3 atom stereocenters. The first-order valence-electron chi connectivity index (χ1n) is 7.73. The predicted octanol–water partition coefficient (Wildman–Crippen LogP) is 2.91. The molecule has 3 unspecified atom stereocenters. The van der Waals surface area contributed by atoms with Gasteiger partial charge in [-0.05, 0) is 32.1 Å². The number of ether oxygens (including phenoxy) is 1. The van der Waals surface area contributed by atoms with Gasteiger partial charge < -0.3 is 9.26 Å². The van der Waals surface area contributed by atoms with Gasteiger partial charge in [0.05, 0.1) is 5.75 Å². The number of rotatable bonds is 4. The number of nitrogens with zero attached hydrogens (tertiary/aromatic N) is 2. The highest BCUT2D eigenvalue weighted by atomic mass is 32.2. The Morgan fingerprint density at radius 3 is 3.05 bits per heavy atom. The Bertz CT molecular complexity index is 515. The number of carbonyl (C=O) groups excluding carboxylic acids is 1. The molecular formula is C15H22N2O3S. The average molecular weight is 310 g/mol. The van der Waals surface area contributed by atoms with Gasteiger partial charge in [-0.25, -0.2) is 0 Å². The molecular weight excluding hydrogens is 288 g/mol. The number of carbonyl (C=O) groups is 1. The van der Waals surface area contributed by atoms with Crippen LogP contribution >= 0.6 is 11.8 Å². The van der Waals surface area contributed by atoms with Crippen LogP contribution in [0.25, 0.3) is 0 Å². The highest BCUT2D eigenvalue weighted by molar-refractivity contribution is 8.00. The topological polar surface area (TPSA) is 65.2 Å². The van der Waals surface area contributed by atoms with Crippen molar-refractivity contribution in [2.75, 3.05) is 18.1 Å². The van der Waals surface area contributed by atoms with Crippen molar-refractivity contribution >= 4 is 17.5 Å². The van der Waals surface area contributed by atoms with Gasteiger partial charge in [0.2, 0.25) is 11.7 Å². The Labute approximate surface area is 129 Å². The van der Waals surface area contributed by atoms with Crippen molar-refractivity contribution in [3.8, 4) is 0 Å². The zero-order valence-corrected chi connectivity index (χ0v) is 13.4. The van der Waals surface area contributed by atoms with Crippen molar-refractivity contribution in [3.63, 3.8) is 0 Å². The molecule has 1 aromatic rings. The van der Waals surface area contributed by atoms with Crippen molar-refractivity contribution in [1.29, 1.82) is 0 Å². The summed E-state index contributed by atoms with van der Waals surface area (Å²) in [6, 6.07) is 0. The SMILES string of the molecule is CCOC1(c2noc(C3CSCC3=O)n2)CCCC(C)C1. The van der Waals surface area contributed by atoms with Gasteiger partial charge in [0.25, 0.3) is 0 Å². The fourth-order valence-electron chi connectivity index (χ4n) is 3.42. The van der Waals surface area contributed by atoms with Gasteiger partial charge in [0.15, 0.2) is 5.78 Å². The van der Waals surface area contributed by atoms with E-state index in [0.717, 1.165) is 25.0 Å². The highest BCUT2D eigenvalue weighted by Crippen LogP contribution is 2.42. The maximum atomic E-state index is 11.8. The lowest BCUT2D eigenvalue weighted by atomic mass is 9.78. The second-order valence-corrected chi connectivity index (χ2v) is 7.15. The molecule has 1 aliphatic heterocycles. The van der Waals surface area contributed by atoms with E-state index in [2.05, 4.69) is 17.1 Å². The van der Waals surface area contributed by atoms with E-state index in [9.17, 15) is 4.79 Å². The molecule has 3 rings (SSSR count). The van der Waals surface area contributed by atoms with Crippen molar-refractivity contribution in [1.82, 2.24) is 10.1 Å². The van der Waals surface area contributed by atoms with Crippen LogP contribution in [0, 0.1) is 5.92 Å². The molecule has 0 bridgehead atoms. The van der Waals surface area contributed by atoms with E-state index in [-0.39, 0.29) is 11.7 Å². The van der Waals surface area contributed by atoms with Gasteiger partial charge in [-0.2, -0.15) is 16.7 Å². The molecule has 1 aliphatic carbocycles.